The molecule has 5 aliphatic heterocycles. The molecule has 4 saturated heterocycles. The summed E-state index contributed by atoms with van der Waals surface area (Å²) in [6, 6.07) is 0.854. The molecule has 4 fully saturated rings. The lowest BCUT2D eigenvalue weighted by atomic mass is 9.69. The fourth-order valence-electron chi connectivity index (χ4n) is 7.45. The quantitative estimate of drug-likeness (QED) is 0.559. The van der Waals surface area contributed by atoms with Crippen LogP contribution in [0.4, 0.5) is 0 Å². The van der Waals surface area contributed by atoms with Crippen molar-refractivity contribution in [2.75, 3.05) is 33.9 Å². The zero-order valence-electron chi connectivity index (χ0n) is 17.8. The smallest absolute Gasteiger partial charge is 0.226 e. The molecule has 1 N–H and O–H groups in total. The number of ketones is 2. The van der Waals surface area contributed by atoms with Gasteiger partial charge in [-0.25, -0.2) is 0 Å². The predicted molar refractivity (Wildman–Crippen MR) is 106 cm³/mol. The molecule has 6 rings (SSSR count). The molecular formula is C22H26N4O5. The molecule has 0 amide bonds. The van der Waals surface area contributed by atoms with E-state index in [1.807, 2.05) is 4.90 Å². The lowest BCUT2D eigenvalue weighted by Gasteiger charge is -2.61. The van der Waals surface area contributed by atoms with E-state index in [0.29, 0.717) is 29.9 Å². The number of likely N-dealkylation sites (N-methyl/N-ethyl adjacent to an activating group) is 1. The number of ether oxygens (including phenoxy) is 2. The van der Waals surface area contributed by atoms with E-state index in [9.17, 15) is 20.0 Å². The minimum absolute atomic E-state index is 0.00850. The molecule has 0 aromatic carbocycles. The highest BCUT2D eigenvalue weighted by molar-refractivity contribution is 6.25. The Morgan fingerprint density at radius 1 is 1.26 bits per heavy atom. The van der Waals surface area contributed by atoms with Crippen LogP contribution < -0.4 is 0 Å². The highest BCUT2D eigenvalue weighted by Gasteiger charge is 2.68. The van der Waals surface area contributed by atoms with Crippen molar-refractivity contribution in [2.45, 2.75) is 55.8 Å². The number of aliphatic hydroxyl groups is 1. The first-order valence-corrected chi connectivity index (χ1v) is 10.9. The first-order chi connectivity index (χ1) is 15.0. The number of allylic oxidation sites excluding steroid dienone is 2. The number of nitriles is 1. The molecule has 9 nitrogen and oxygen atoms in total. The Hall–Kier alpha value is -2.09. The zero-order chi connectivity index (χ0) is 21.8. The van der Waals surface area contributed by atoms with Gasteiger partial charge in [-0.15, -0.1) is 0 Å². The zero-order valence-corrected chi connectivity index (χ0v) is 17.8. The van der Waals surface area contributed by atoms with Crippen LogP contribution >= 0.6 is 0 Å². The fraction of sp³-hybridized carbons (Fsp3) is 0.682. The third kappa shape index (κ3) is 2.12. The highest BCUT2D eigenvalue weighted by atomic mass is 16.5. The van der Waals surface area contributed by atoms with Gasteiger partial charge in [0, 0.05) is 47.3 Å². The molecule has 6 aliphatic rings. The van der Waals surface area contributed by atoms with Crippen molar-refractivity contribution in [3.63, 3.8) is 0 Å². The summed E-state index contributed by atoms with van der Waals surface area (Å²) < 4.78 is 11.5. The van der Waals surface area contributed by atoms with Gasteiger partial charge in [0.25, 0.3) is 0 Å². The SMILES string of the molecule is COC1=C(C)C(=O)C2=C(C1=O)[C@@H](CO)N1C(C#N)[C@H]3C[C@H]4[C@@H]([C@H]1[C@H]2N1CCO[C@@H]41)N3C. The van der Waals surface area contributed by atoms with Crippen LogP contribution in [-0.4, -0.2) is 108 Å². The minimum Gasteiger partial charge on any atom is -0.492 e. The number of rotatable bonds is 2. The molecule has 1 unspecified atom stereocenters. The topological polar surface area (TPSA) is 106 Å². The predicted octanol–water partition coefficient (Wildman–Crippen LogP) is -0.965. The van der Waals surface area contributed by atoms with Crippen molar-refractivity contribution in [3.05, 3.63) is 22.5 Å². The number of piperazine rings is 1. The second-order valence-electron chi connectivity index (χ2n) is 9.42. The van der Waals surface area contributed by atoms with E-state index in [1.54, 1.807) is 6.92 Å². The molecule has 164 valence electrons. The molecule has 1 aliphatic carbocycles. The van der Waals surface area contributed by atoms with Crippen molar-refractivity contribution in [1.82, 2.24) is 14.7 Å². The highest BCUT2D eigenvalue weighted by Crippen LogP contribution is 2.54. The van der Waals surface area contributed by atoms with Crippen molar-refractivity contribution < 1.29 is 24.2 Å². The maximum atomic E-state index is 13.6. The molecule has 2 bridgehead atoms. The van der Waals surface area contributed by atoms with Crippen LogP contribution in [0, 0.1) is 17.2 Å². The van der Waals surface area contributed by atoms with E-state index in [4.69, 9.17) is 9.47 Å². The molecule has 9 heteroatoms. The van der Waals surface area contributed by atoms with Crippen molar-refractivity contribution in [1.29, 1.82) is 5.26 Å². The van der Waals surface area contributed by atoms with E-state index in [2.05, 4.69) is 22.9 Å². The van der Waals surface area contributed by atoms with Crippen LogP contribution in [0.2, 0.25) is 0 Å². The van der Waals surface area contributed by atoms with Gasteiger partial charge >= 0.3 is 0 Å². The van der Waals surface area contributed by atoms with Crippen molar-refractivity contribution in [2.24, 2.45) is 5.92 Å². The van der Waals surface area contributed by atoms with Crippen LogP contribution in [0.25, 0.3) is 0 Å². The Kier molecular flexibility index (Phi) is 4.08. The summed E-state index contributed by atoms with van der Waals surface area (Å²) in [5.41, 5.74) is 1.07. The summed E-state index contributed by atoms with van der Waals surface area (Å²) in [6.07, 6.45) is 0.694. The normalized spacial score (nSPS) is 44.5. The molecular weight excluding hydrogens is 400 g/mol. The summed E-state index contributed by atoms with van der Waals surface area (Å²) in [4.78, 5) is 33.7. The van der Waals surface area contributed by atoms with Gasteiger partial charge in [-0.05, 0) is 20.4 Å². The van der Waals surface area contributed by atoms with Crippen molar-refractivity contribution in [3.8, 4) is 6.07 Å². The number of nitrogens with zero attached hydrogens (tertiary/aromatic N) is 4. The third-order valence-corrected chi connectivity index (χ3v) is 8.50. The lowest BCUT2D eigenvalue weighted by Crippen LogP contribution is -2.78. The van der Waals surface area contributed by atoms with Gasteiger partial charge in [-0.3, -0.25) is 24.3 Å². The van der Waals surface area contributed by atoms with Crippen LogP contribution in [0.1, 0.15) is 13.3 Å². The number of carbonyl (C=O) groups is 2. The fourth-order valence-corrected chi connectivity index (χ4v) is 7.45. The first-order valence-electron chi connectivity index (χ1n) is 10.9. The Balaban J connectivity index is 1.63. The van der Waals surface area contributed by atoms with Gasteiger partial charge in [0.1, 0.15) is 12.3 Å². The average molecular weight is 426 g/mol. The van der Waals surface area contributed by atoms with Gasteiger partial charge < -0.3 is 14.6 Å². The summed E-state index contributed by atoms with van der Waals surface area (Å²) in [5, 5.41) is 20.7. The number of piperidine rings is 1. The van der Waals surface area contributed by atoms with Gasteiger partial charge in [0.2, 0.25) is 5.78 Å². The summed E-state index contributed by atoms with van der Waals surface area (Å²) in [7, 11) is 3.44. The van der Waals surface area contributed by atoms with Crippen LogP contribution in [0.15, 0.2) is 22.5 Å². The molecule has 0 spiro atoms. The molecule has 0 radical (unpaired) electrons. The van der Waals surface area contributed by atoms with E-state index in [-0.39, 0.29) is 60.2 Å². The molecule has 0 aromatic rings. The minimum atomic E-state index is -0.701. The molecule has 0 saturated carbocycles. The van der Waals surface area contributed by atoms with E-state index < -0.39 is 12.1 Å². The van der Waals surface area contributed by atoms with Gasteiger partial charge in [0.15, 0.2) is 11.5 Å². The third-order valence-electron chi connectivity index (χ3n) is 8.50. The van der Waals surface area contributed by atoms with Gasteiger partial charge in [0.05, 0.1) is 38.5 Å². The standard InChI is InChI=1S/C22H26N4O5/c1-9-19(28)15-14(20(29)21(9)30-3)13(8-27)26-12(7-23)11-6-10-16(24(11)2)18(26)17(15)25-4-5-31-22(10)25/h10-13,16-18,22,27H,4-6,8H2,1-3H3/t10-,11+,12?,13+,16-,17-,18-,22-/m0/s1. The first kappa shape index (κ1) is 19.6. The summed E-state index contributed by atoms with van der Waals surface area (Å²) >= 11 is 0. The Bertz CT molecular complexity index is 998. The number of methoxy groups -OCH3 is 1. The Labute approximate surface area is 180 Å². The molecule has 8 atom stereocenters. The number of hydrogen-bond acceptors (Lipinski definition) is 9. The lowest BCUT2D eigenvalue weighted by molar-refractivity contribution is -0.145. The maximum absolute atomic E-state index is 13.6. The summed E-state index contributed by atoms with van der Waals surface area (Å²) in [6.45, 7) is 2.56. The number of aliphatic hydroxyl groups excluding tert-OH is 1. The Morgan fingerprint density at radius 2 is 2.03 bits per heavy atom. The average Bonchev–Trinajstić information content (AvgIpc) is 3.34. The van der Waals surface area contributed by atoms with Gasteiger partial charge in [-0.1, -0.05) is 0 Å². The number of carbonyl (C=O) groups excluding carboxylic acids is 2. The molecule has 5 heterocycles. The van der Waals surface area contributed by atoms with E-state index in [1.165, 1.54) is 7.11 Å². The monoisotopic (exact) mass is 426 g/mol. The second kappa shape index (κ2) is 6.47. The Morgan fingerprint density at radius 3 is 2.71 bits per heavy atom. The number of hydrogen-bond donors (Lipinski definition) is 1. The second-order valence-corrected chi connectivity index (χ2v) is 9.42. The van der Waals surface area contributed by atoms with Gasteiger partial charge in [-0.2, -0.15) is 5.26 Å². The van der Waals surface area contributed by atoms with E-state index >= 15 is 0 Å². The summed E-state index contributed by atoms with van der Waals surface area (Å²) in [5.74, 6) is -0.292. The number of Topliss-reactive ketones (excluding diaryl/α,β-unsaturated/α-hetero) is 2. The number of fused-ring (bicyclic) bond motifs is 5. The maximum Gasteiger partial charge on any atom is 0.226 e. The molecule has 0 aromatic heterocycles. The largest absolute Gasteiger partial charge is 0.492 e. The molecule has 31 heavy (non-hydrogen) atoms. The van der Waals surface area contributed by atoms with Crippen LogP contribution in [-0.2, 0) is 19.1 Å². The van der Waals surface area contributed by atoms with E-state index in [0.717, 1.165) is 6.42 Å². The van der Waals surface area contributed by atoms with Crippen LogP contribution in [0.3, 0.4) is 0 Å². The van der Waals surface area contributed by atoms with Crippen molar-refractivity contribution >= 4 is 11.6 Å². The van der Waals surface area contributed by atoms with Crippen LogP contribution in [0.5, 0.6) is 0 Å².